The first-order valence-electron chi connectivity index (χ1n) is 6.66. The minimum Gasteiger partial charge on any atom is -0.306 e. The van der Waals surface area contributed by atoms with Crippen molar-refractivity contribution in [2.45, 2.75) is 26.7 Å². The first kappa shape index (κ1) is 14.2. The zero-order valence-corrected chi connectivity index (χ0v) is 13.6. The quantitative estimate of drug-likeness (QED) is 0.790. The second-order valence-electron chi connectivity index (χ2n) is 5.14. The molecule has 0 aliphatic carbocycles. The van der Waals surface area contributed by atoms with E-state index in [4.69, 9.17) is 0 Å². The van der Waals surface area contributed by atoms with E-state index in [0.29, 0.717) is 17.1 Å². The fourth-order valence-corrected chi connectivity index (χ4v) is 3.66. The zero-order chi connectivity index (χ0) is 15.0. The summed E-state index contributed by atoms with van der Waals surface area (Å²) in [7, 11) is 0. The summed E-state index contributed by atoms with van der Waals surface area (Å²) >= 11 is 3.15. The Morgan fingerprint density at radius 3 is 2.95 bits per heavy atom. The first-order chi connectivity index (χ1) is 10.0. The molecule has 0 atom stereocenters. The van der Waals surface area contributed by atoms with Crippen LogP contribution in [0.4, 0.5) is 0 Å². The van der Waals surface area contributed by atoms with Crippen molar-refractivity contribution < 1.29 is 0 Å². The Balaban J connectivity index is 2.00. The van der Waals surface area contributed by atoms with Gasteiger partial charge in [0, 0.05) is 17.0 Å². The third kappa shape index (κ3) is 2.82. The topological polar surface area (TPSA) is 58.6 Å². The highest BCUT2D eigenvalue weighted by atomic mass is 32.1. The van der Waals surface area contributed by atoms with E-state index >= 15 is 0 Å². The number of allylic oxidation sites excluding steroid dienone is 1. The van der Waals surface area contributed by atoms with Gasteiger partial charge in [-0.1, -0.05) is 13.8 Å². The molecule has 0 bridgehead atoms. The summed E-state index contributed by atoms with van der Waals surface area (Å²) in [6, 6.07) is 1.80. The van der Waals surface area contributed by atoms with E-state index in [9.17, 15) is 4.79 Å². The Morgan fingerprint density at radius 2 is 2.24 bits per heavy atom. The number of aromatic amines is 1. The van der Waals surface area contributed by atoms with Crippen LogP contribution in [0.3, 0.4) is 0 Å². The summed E-state index contributed by atoms with van der Waals surface area (Å²) in [5, 5.41) is 3.65. The Bertz CT molecular complexity index is 870. The molecular weight excluding hydrogens is 302 g/mol. The fraction of sp³-hybridized carbons (Fsp3) is 0.267. The van der Waals surface area contributed by atoms with Gasteiger partial charge in [-0.3, -0.25) is 4.79 Å². The largest absolute Gasteiger partial charge is 0.306 e. The number of rotatable bonds is 3. The molecule has 3 aromatic rings. The van der Waals surface area contributed by atoms with Crippen molar-refractivity contribution in [1.82, 2.24) is 15.0 Å². The van der Waals surface area contributed by atoms with Gasteiger partial charge in [0.15, 0.2) is 0 Å². The van der Waals surface area contributed by atoms with E-state index in [2.05, 4.69) is 28.8 Å². The average molecular weight is 317 g/mol. The van der Waals surface area contributed by atoms with Crippen LogP contribution < -0.4 is 5.56 Å². The number of thiazole rings is 1. The molecule has 0 fully saturated rings. The lowest BCUT2D eigenvalue weighted by atomic mass is 10.2. The summed E-state index contributed by atoms with van der Waals surface area (Å²) in [6.07, 6.45) is 3.88. The van der Waals surface area contributed by atoms with Gasteiger partial charge in [-0.25, -0.2) is 9.97 Å². The molecule has 0 spiro atoms. The first-order valence-corrected chi connectivity index (χ1v) is 8.36. The van der Waals surface area contributed by atoms with Gasteiger partial charge in [0.1, 0.15) is 10.7 Å². The van der Waals surface area contributed by atoms with Gasteiger partial charge in [-0.2, -0.15) is 0 Å². The molecular formula is C15H15N3OS2. The van der Waals surface area contributed by atoms with Gasteiger partial charge in [0.05, 0.1) is 10.4 Å². The Morgan fingerprint density at radius 1 is 1.43 bits per heavy atom. The molecule has 0 aliphatic rings. The highest BCUT2D eigenvalue weighted by molar-refractivity contribution is 7.16. The van der Waals surface area contributed by atoms with Gasteiger partial charge < -0.3 is 4.98 Å². The van der Waals surface area contributed by atoms with Crippen molar-refractivity contribution in [1.29, 1.82) is 0 Å². The normalized spacial score (nSPS) is 12.5. The molecule has 21 heavy (non-hydrogen) atoms. The second-order valence-corrected chi connectivity index (χ2v) is 7.13. The fourth-order valence-electron chi connectivity index (χ4n) is 1.97. The number of hydrogen-bond donors (Lipinski definition) is 1. The molecule has 0 unspecified atom stereocenters. The molecule has 3 aromatic heterocycles. The third-order valence-corrected chi connectivity index (χ3v) is 5.15. The summed E-state index contributed by atoms with van der Waals surface area (Å²) in [4.78, 5) is 25.6. The van der Waals surface area contributed by atoms with Crippen molar-refractivity contribution in [2.24, 2.45) is 0 Å². The van der Waals surface area contributed by atoms with E-state index in [1.54, 1.807) is 17.4 Å². The summed E-state index contributed by atoms with van der Waals surface area (Å²) in [6.45, 7) is 6.21. The van der Waals surface area contributed by atoms with Gasteiger partial charge in [-0.05, 0) is 30.0 Å². The van der Waals surface area contributed by atoms with Crippen molar-refractivity contribution in [3.63, 3.8) is 0 Å². The van der Waals surface area contributed by atoms with Crippen LogP contribution in [0.2, 0.25) is 0 Å². The van der Waals surface area contributed by atoms with Crippen molar-refractivity contribution in [3.8, 4) is 0 Å². The minimum atomic E-state index is -0.0869. The molecule has 108 valence electrons. The number of nitrogens with zero attached hydrogens (tertiary/aromatic N) is 2. The highest BCUT2D eigenvalue weighted by Gasteiger charge is 2.08. The molecule has 4 nitrogen and oxygen atoms in total. The zero-order valence-electron chi connectivity index (χ0n) is 12.0. The van der Waals surface area contributed by atoms with Crippen LogP contribution >= 0.6 is 22.7 Å². The molecule has 3 rings (SSSR count). The van der Waals surface area contributed by atoms with Gasteiger partial charge >= 0.3 is 0 Å². The molecule has 0 amide bonds. The number of aromatic nitrogens is 3. The molecule has 0 saturated carbocycles. The number of hydrogen-bond acceptors (Lipinski definition) is 5. The maximum atomic E-state index is 12.0. The van der Waals surface area contributed by atoms with Crippen molar-refractivity contribution >= 4 is 44.5 Å². The molecule has 3 heterocycles. The minimum absolute atomic E-state index is 0.0869. The predicted octanol–water partition coefficient (Wildman–Crippen LogP) is 4.13. The Labute approximate surface area is 130 Å². The van der Waals surface area contributed by atoms with Gasteiger partial charge in [0.2, 0.25) is 0 Å². The molecule has 1 N–H and O–H groups in total. The van der Waals surface area contributed by atoms with Crippen molar-refractivity contribution in [3.05, 3.63) is 43.7 Å². The van der Waals surface area contributed by atoms with Crippen LogP contribution in [0.5, 0.6) is 0 Å². The van der Waals surface area contributed by atoms with E-state index < -0.39 is 0 Å². The monoisotopic (exact) mass is 317 g/mol. The standard InChI is InChI=1S/C15H15N3OS2/c1-8(2)14-16-7-10(21-14)6-9(3)12-17-13(19)11-4-5-20-15(11)18-12/h4-8H,1-3H3,(H,17,18,19). The van der Waals surface area contributed by atoms with Gasteiger partial charge in [0.25, 0.3) is 5.56 Å². The van der Waals surface area contributed by atoms with Gasteiger partial charge in [-0.15, -0.1) is 22.7 Å². The lowest BCUT2D eigenvalue weighted by Crippen LogP contribution is -2.09. The number of H-pyrrole nitrogens is 1. The molecule has 0 aromatic carbocycles. The van der Waals surface area contributed by atoms with Crippen LogP contribution in [0.1, 0.15) is 42.4 Å². The number of thiophene rings is 1. The van der Waals surface area contributed by atoms with E-state index in [0.717, 1.165) is 20.3 Å². The third-order valence-electron chi connectivity index (χ3n) is 3.10. The van der Waals surface area contributed by atoms with Crippen LogP contribution in [0.25, 0.3) is 21.9 Å². The summed E-state index contributed by atoms with van der Waals surface area (Å²) in [5.74, 6) is 1.05. The predicted molar refractivity (Wildman–Crippen MR) is 90.0 cm³/mol. The Hall–Kier alpha value is -1.79. The molecule has 0 aliphatic heterocycles. The summed E-state index contributed by atoms with van der Waals surface area (Å²) in [5.41, 5.74) is 0.845. The highest BCUT2D eigenvalue weighted by Crippen LogP contribution is 2.25. The average Bonchev–Trinajstić information content (AvgIpc) is 3.07. The smallest absolute Gasteiger partial charge is 0.259 e. The van der Waals surface area contributed by atoms with E-state index in [1.807, 2.05) is 24.6 Å². The Kier molecular flexibility index (Phi) is 3.73. The van der Waals surface area contributed by atoms with E-state index in [1.165, 1.54) is 11.3 Å². The number of nitrogens with one attached hydrogen (secondary N) is 1. The van der Waals surface area contributed by atoms with Crippen LogP contribution in [-0.4, -0.2) is 15.0 Å². The van der Waals surface area contributed by atoms with Crippen LogP contribution in [0.15, 0.2) is 22.4 Å². The van der Waals surface area contributed by atoms with Crippen molar-refractivity contribution in [2.75, 3.05) is 0 Å². The SMILES string of the molecule is CC(=Cc1cnc(C(C)C)s1)c1nc2sccc2c(=O)[nH]1. The second kappa shape index (κ2) is 5.54. The molecule has 0 radical (unpaired) electrons. The molecule has 6 heteroatoms. The lowest BCUT2D eigenvalue weighted by Gasteiger charge is -2.00. The lowest BCUT2D eigenvalue weighted by molar-refractivity contribution is 0.852. The maximum Gasteiger partial charge on any atom is 0.259 e. The maximum absolute atomic E-state index is 12.0. The number of fused-ring (bicyclic) bond motifs is 1. The molecule has 0 saturated heterocycles. The van der Waals surface area contributed by atoms with E-state index in [-0.39, 0.29) is 5.56 Å². The van der Waals surface area contributed by atoms with Crippen LogP contribution in [0, 0.1) is 0 Å². The van der Waals surface area contributed by atoms with Crippen LogP contribution in [-0.2, 0) is 0 Å². The summed E-state index contributed by atoms with van der Waals surface area (Å²) < 4.78 is 0.